The first-order valence-electron chi connectivity index (χ1n) is 7.35. The lowest BCUT2D eigenvalue weighted by Gasteiger charge is -2.26. The topological polar surface area (TPSA) is 60.9 Å². The fourth-order valence-corrected chi connectivity index (χ4v) is 2.73. The summed E-state index contributed by atoms with van der Waals surface area (Å²) in [6.07, 6.45) is 0.856. The summed E-state index contributed by atoms with van der Waals surface area (Å²) < 4.78 is 14.0. The van der Waals surface area contributed by atoms with Crippen molar-refractivity contribution in [1.82, 2.24) is 9.80 Å². The average Bonchev–Trinajstić information content (AvgIpc) is 2.95. The molecule has 1 aromatic rings. The highest BCUT2D eigenvalue weighted by molar-refractivity contribution is 5.96. The van der Waals surface area contributed by atoms with Crippen molar-refractivity contribution in [3.05, 3.63) is 35.1 Å². The molecule has 1 fully saturated rings. The number of aromatic carboxylic acids is 1. The van der Waals surface area contributed by atoms with Crippen molar-refractivity contribution >= 4 is 11.9 Å². The van der Waals surface area contributed by atoms with Crippen molar-refractivity contribution in [3.63, 3.8) is 0 Å². The fraction of sp³-hybridized carbons (Fsp3) is 0.500. The highest BCUT2D eigenvalue weighted by atomic mass is 19.1. The molecule has 1 heterocycles. The Bertz CT molecular complexity index is 589. The van der Waals surface area contributed by atoms with Crippen LogP contribution in [-0.2, 0) is 0 Å². The van der Waals surface area contributed by atoms with Gasteiger partial charge >= 0.3 is 5.97 Å². The third-order valence-corrected chi connectivity index (χ3v) is 4.24. The van der Waals surface area contributed by atoms with Gasteiger partial charge in [-0.05, 0) is 38.5 Å². The zero-order valence-corrected chi connectivity index (χ0v) is 13.0. The van der Waals surface area contributed by atoms with Crippen LogP contribution in [0.5, 0.6) is 0 Å². The van der Waals surface area contributed by atoms with Gasteiger partial charge in [0, 0.05) is 32.2 Å². The van der Waals surface area contributed by atoms with E-state index in [0.717, 1.165) is 25.6 Å². The second-order valence-corrected chi connectivity index (χ2v) is 5.95. The molecule has 22 heavy (non-hydrogen) atoms. The van der Waals surface area contributed by atoms with E-state index in [1.807, 2.05) is 0 Å². The maximum atomic E-state index is 14.0. The Kier molecular flexibility index (Phi) is 4.81. The van der Waals surface area contributed by atoms with Crippen LogP contribution in [0.2, 0.25) is 0 Å². The van der Waals surface area contributed by atoms with E-state index in [0.29, 0.717) is 6.04 Å². The molecule has 0 aliphatic carbocycles. The largest absolute Gasteiger partial charge is 0.478 e. The Balaban J connectivity index is 2.13. The summed E-state index contributed by atoms with van der Waals surface area (Å²) in [6, 6.07) is 3.85. The molecule has 1 aromatic carbocycles. The number of carbonyl (C=O) groups is 2. The number of benzene rings is 1. The maximum absolute atomic E-state index is 14.0. The second kappa shape index (κ2) is 6.44. The van der Waals surface area contributed by atoms with Gasteiger partial charge in [0.25, 0.3) is 5.91 Å². The van der Waals surface area contributed by atoms with Gasteiger partial charge in [0.1, 0.15) is 5.82 Å². The molecule has 0 aromatic heterocycles. The molecule has 2 rings (SSSR count). The molecule has 6 heteroatoms. The Hall–Kier alpha value is -1.95. The van der Waals surface area contributed by atoms with E-state index in [9.17, 15) is 14.0 Å². The van der Waals surface area contributed by atoms with Gasteiger partial charge < -0.3 is 10.0 Å². The van der Waals surface area contributed by atoms with Crippen LogP contribution in [0.1, 0.15) is 41.0 Å². The number of carboxylic acid groups (broad SMARTS) is 1. The molecule has 0 saturated carbocycles. The van der Waals surface area contributed by atoms with Gasteiger partial charge in [0.2, 0.25) is 0 Å². The molecule has 0 unspecified atom stereocenters. The van der Waals surface area contributed by atoms with Crippen molar-refractivity contribution < 1.29 is 19.1 Å². The zero-order valence-electron chi connectivity index (χ0n) is 13.0. The van der Waals surface area contributed by atoms with Gasteiger partial charge in [0.15, 0.2) is 0 Å². The van der Waals surface area contributed by atoms with Gasteiger partial charge in [0.05, 0.1) is 11.1 Å². The average molecular weight is 308 g/mol. The standard InChI is InChI=1S/C16H21FN2O3/c1-10(2)19-7-6-12(9-19)18(3)15(20)13-5-4-11(16(21)22)8-14(13)17/h4-5,8,10,12H,6-7,9H2,1-3H3,(H,21,22)/t12-/m0/s1. The maximum Gasteiger partial charge on any atom is 0.335 e. The first-order valence-corrected chi connectivity index (χ1v) is 7.35. The van der Waals surface area contributed by atoms with E-state index in [4.69, 9.17) is 5.11 Å². The number of nitrogens with zero attached hydrogens (tertiary/aromatic N) is 2. The summed E-state index contributed by atoms with van der Waals surface area (Å²) >= 11 is 0. The summed E-state index contributed by atoms with van der Waals surface area (Å²) in [7, 11) is 1.67. The predicted octanol–water partition coefficient (Wildman–Crippen LogP) is 2.08. The summed E-state index contributed by atoms with van der Waals surface area (Å²) in [6.45, 7) is 5.90. The van der Waals surface area contributed by atoms with Gasteiger partial charge in [-0.15, -0.1) is 0 Å². The minimum atomic E-state index is -1.21. The lowest BCUT2D eigenvalue weighted by Crippen LogP contribution is -2.40. The van der Waals surface area contributed by atoms with Gasteiger partial charge in [-0.1, -0.05) is 0 Å². The minimum Gasteiger partial charge on any atom is -0.478 e. The molecule has 5 nitrogen and oxygen atoms in total. The molecule has 0 bridgehead atoms. The monoisotopic (exact) mass is 308 g/mol. The lowest BCUT2D eigenvalue weighted by molar-refractivity contribution is 0.0690. The number of hydrogen-bond donors (Lipinski definition) is 1. The van der Waals surface area contributed by atoms with Crippen LogP contribution < -0.4 is 0 Å². The van der Waals surface area contributed by atoms with E-state index in [2.05, 4.69) is 18.7 Å². The predicted molar refractivity (Wildman–Crippen MR) is 80.6 cm³/mol. The molecule has 120 valence electrons. The smallest absolute Gasteiger partial charge is 0.335 e. The molecule has 0 spiro atoms. The van der Waals surface area contributed by atoms with Crippen molar-refractivity contribution in [1.29, 1.82) is 0 Å². The highest BCUT2D eigenvalue weighted by Gasteiger charge is 2.30. The van der Waals surface area contributed by atoms with Gasteiger partial charge in [-0.3, -0.25) is 9.69 Å². The number of rotatable bonds is 4. The first-order chi connectivity index (χ1) is 10.3. The number of hydrogen-bond acceptors (Lipinski definition) is 3. The normalized spacial score (nSPS) is 18.7. The van der Waals surface area contributed by atoms with Crippen LogP contribution in [0.15, 0.2) is 18.2 Å². The molecule has 1 aliphatic heterocycles. The van der Waals surface area contributed by atoms with E-state index in [1.165, 1.54) is 12.1 Å². The molecule has 1 N–H and O–H groups in total. The Labute approximate surface area is 129 Å². The van der Waals surface area contributed by atoms with Crippen molar-refractivity contribution in [2.45, 2.75) is 32.4 Å². The van der Waals surface area contributed by atoms with Crippen LogP contribution in [0.4, 0.5) is 4.39 Å². The van der Waals surface area contributed by atoms with Crippen molar-refractivity contribution in [2.75, 3.05) is 20.1 Å². The van der Waals surface area contributed by atoms with Crippen molar-refractivity contribution in [2.24, 2.45) is 0 Å². The number of amides is 1. The molecule has 0 radical (unpaired) electrons. The summed E-state index contributed by atoms with van der Waals surface area (Å²) in [5.41, 5.74) is -0.251. The van der Waals surface area contributed by atoms with Crippen LogP contribution in [0, 0.1) is 5.82 Å². The number of likely N-dealkylation sites (tertiary alicyclic amines) is 1. The molecule has 1 saturated heterocycles. The molecule has 1 amide bonds. The number of carboxylic acids is 1. The SMILES string of the molecule is CC(C)N1CC[C@H](N(C)C(=O)c2ccc(C(=O)O)cc2F)C1. The fourth-order valence-electron chi connectivity index (χ4n) is 2.73. The lowest BCUT2D eigenvalue weighted by atomic mass is 10.1. The number of carbonyl (C=O) groups excluding carboxylic acids is 1. The Morgan fingerprint density at radius 3 is 2.59 bits per heavy atom. The highest BCUT2D eigenvalue weighted by Crippen LogP contribution is 2.20. The van der Waals surface area contributed by atoms with E-state index in [1.54, 1.807) is 11.9 Å². The summed E-state index contributed by atoms with van der Waals surface area (Å²) in [4.78, 5) is 27.1. The first kappa shape index (κ1) is 16.4. The van der Waals surface area contributed by atoms with Crippen molar-refractivity contribution in [3.8, 4) is 0 Å². The van der Waals surface area contributed by atoms with E-state index >= 15 is 0 Å². The third kappa shape index (κ3) is 3.27. The molecular formula is C16H21FN2O3. The molecule has 1 aliphatic rings. The van der Waals surface area contributed by atoms with Crippen LogP contribution in [-0.4, -0.2) is 59.0 Å². The van der Waals surface area contributed by atoms with E-state index < -0.39 is 17.7 Å². The zero-order chi connectivity index (χ0) is 16.4. The van der Waals surface area contributed by atoms with E-state index in [-0.39, 0.29) is 17.2 Å². The minimum absolute atomic E-state index is 0.0495. The molecular weight excluding hydrogens is 287 g/mol. The van der Waals surface area contributed by atoms with Crippen LogP contribution in [0.25, 0.3) is 0 Å². The Morgan fingerprint density at radius 2 is 2.09 bits per heavy atom. The quantitative estimate of drug-likeness (QED) is 0.925. The van der Waals surface area contributed by atoms with Gasteiger partial charge in [-0.2, -0.15) is 0 Å². The van der Waals surface area contributed by atoms with Crippen LogP contribution in [0.3, 0.4) is 0 Å². The summed E-state index contributed by atoms with van der Waals surface area (Å²) in [5.74, 6) is -2.42. The molecule has 1 atom stereocenters. The number of likely N-dealkylation sites (N-methyl/N-ethyl adjacent to an activating group) is 1. The third-order valence-electron chi connectivity index (χ3n) is 4.24. The second-order valence-electron chi connectivity index (χ2n) is 5.95. The van der Waals surface area contributed by atoms with Crippen LogP contribution >= 0.6 is 0 Å². The number of halogens is 1. The van der Waals surface area contributed by atoms with Gasteiger partial charge in [-0.25, -0.2) is 9.18 Å². The Morgan fingerprint density at radius 1 is 1.41 bits per heavy atom. The summed E-state index contributed by atoms with van der Waals surface area (Å²) in [5, 5.41) is 8.83.